The van der Waals surface area contributed by atoms with Gasteiger partial charge in [0.2, 0.25) is 0 Å². The van der Waals surface area contributed by atoms with E-state index in [1.807, 2.05) is 12.1 Å². The van der Waals surface area contributed by atoms with Crippen LogP contribution in [0.1, 0.15) is 33.5 Å². The summed E-state index contributed by atoms with van der Waals surface area (Å²) in [6, 6.07) is 9.24. The molecule has 1 heterocycles. The SMILES string of the molecule is O=C(NC[C@@H]1CCc2ccccc2C1)c1ccncc1C(F)(F)F. The molecule has 1 aliphatic carbocycles. The van der Waals surface area contributed by atoms with E-state index in [9.17, 15) is 18.0 Å². The number of carbonyl (C=O) groups excluding carboxylic acids is 1. The summed E-state index contributed by atoms with van der Waals surface area (Å²) in [6.45, 7) is 0.368. The molecule has 3 nitrogen and oxygen atoms in total. The van der Waals surface area contributed by atoms with Crippen LogP contribution in [0.2, 0.25) is 0 Å². The molecule has 1 N–H and O–H groups in total. The van der Waals surface area contributed by atoms with Crippen molar-refractivity contribution in [2.45, 2.75) is 25.4 Å². The smallest absolute Gasteiger partial charge is 0.352 e. The fraction of sp³-hybridized carbons (Fsp3) is 0.333. The number of amides is 1. The highest BCUT2D eigenvalue weighted by Crippen LogP contribution is 2.31. The Morgan fingerprint density at radius 3 is 2.71 bits per heavy atom. The van der Waals surface area contributed by atoms with E-state index in [0.717, 1.165) is 25.3 Å². The third kappa shape index (κ3) is 3.58. The number of hydrogen-bond acceptors (Lipinski definition) is 2. The molecule has 1 aliphatic rings. The lowest BCUT2D eigenvalue weighted by atomic mass is 9.84. The van der Waals surface area contributed by atoms with Crippen molar-refractivity contribution >= 4 is 5.91 Å². The summed E-state index contributed by atoms with van der Waals surface area (Å²) in [5, 5.41) is 2.65. The molecular formula is C18H17F3N2O. The molecule has 0 radical (unpaired) electrons. The number of aromatic nitrogens is 1. The Morgan fingerprint density at radius 1 is 1.21 bits per heavy atom. The van der Waals surface area contributed by atoms with Crippen LogP contribution < -0.4 is 5.32 Å². The van der Waals surface area contributed by atoms with E-state index in [-0.39, 0.29) is 11.5 Å². The first-order valence-corrected chi connectivity index (χ1v) is 7.81. The summed E-state index contributed by atoms with van der Waals surface area (Å²) in [4.78, 5) is 15.6. The summed E-state index contributed by atoms with van der Waals surface area (Å²) in [7, 11) is 0. The number of alkyl halides is 3. The number of carbonyl (C=O) groups is 1. The van der Waals surface area contributed by atoms with E-state index < -0.39 is 17.6 Å². The highest BCUT2D eigenvalue weighted by molar-refractivity contribution is 5.95. The summed E-state index contributed by atoms with van der Waals surface area (Å²) < 4.78 is 38.8. The molecule has 3 rings (SSSR count). The van der Waals surface area contributed by atoms with Gasteiger partial charge in [0.25, 0.3) is 5.91 Å². The van der Waals surface area contributed by atoms with E-state index in [0.29, 0.717) is 12.7 Å². The Bertz CT molecular complexity index is 743. The van der Waals surface area contributed by atoms with Gasteiger partial charge in [-0.1, -0.05) is 24.3 Å². The zero-order chi connectivity index (χ0) is 17.2. The molecule has 0 saturated heterocycles. The largest absolute Gasteiger partial charge is 0.418 e. The highest BCUT2D eigenvalue weighted by atomic mass is 19.4. The maximum atomic E-state index is 12.9. The third-order valence-corrected chi connectivity index (χ3v) is 4.37. The standard InChI is InChI=1S/C18H17F3N2O/c19-18(20,21)16-11-22-8-7-15(16)17(24)23-10-12-5-6-13-3-1-2-4-14(13)9-12/h1-4,7-8,11-12H,5-6,9-10H2,(H,23,24)/t12-/m1/s1. The molecule has 0 unspecified atom stereocenters. The van der Waals surface area contributed by atoms with E-state index in [4.69, 9.17) is 0 Å². The molecule has 0 bridgehead atoms. The van der Waals surface area contributed by atoms with Crippen molar-refractivity contribution in [2.24, 2.45) is 5.92 Å². The lowest BCUT2D eigenvalue weighted by molar-refractivity contribution is -0.138. The van der Waals surface area contributed by atoms with Crippen molar-refractivity contribution < 1.29 is 18.0 Å². The predicted molar refractivity (Wildman–Crippen MR) is 83.5 cm³/mol. The van der Waals surface area contributed by atoms with Gasteiger partial charge in [-0.2, -0.15) is 13.2 Å². The van der Waals surface area contributed by atoms with E-state index in [1.54, 1.807) is 0 Å². The van der Waals surface area contributed by atoms with Crippen molar-refractivity contribution in [2.75, 3.05) is 6.54 Å². The number of aryl methyl sites for hydroxylation is 1. The molecule has 1 aromatic heterocycles. The van der Waals surface area contributed by atoms with E-state index in [2.05, 4.69) is 22.4 Å². The maximum absolute atomic E-state index is 12.9. The second kappa shape index (κ2) is 6.63. The first kappa shape index (κ1) is 16.5. The van der Waals surface area contributed by atoms with E-state index in [1.165, 1.54) is 17.3 Å². The molecule has 1 atom stereocenters. The van der Waals surface area contributed by atoms with Gasteiger partial charge < -0.3 is 5.32 Å². The van der Waals surface area contributed by atoms with Gasteiger partial charge in [0.15, 0.2) is 0 Å². The minimum absolute atomic E-state index is 0.236. The first-order valence-electron chi connectivity index (χ1n) is 7.81. The zero-order valence-electron chi connectivity index (χ0n) is 12.9. The van der Waals surface area contributed by atoms with Crippen LogP contribution >= 0.6 is 0 Å². The molecule has 1 amide bonds. The van der Waals surface area contributed by atoms with Gasteiger partial charge in [-0.3, -0.25) is 9.78 Å². The van der Waals surface area contributed by atoms with Crippen molar-refractivity contribution in [3.05, 3.63) is 65.0 Å². The van der Waals surface area contributed by atoms with Crippen molar-refractivity contribution in [3.63, 3.8) is 0 Å². The van der Waals surface area contributed by atoms with Gasteiger partial charge in [0, 0.05) is 18.9 Å². The quantitative estimate of drug-likeness (QED) is 0.931. The van der Waals surface area contributed by atoms with Crippen molar-refractivity contribution in [1.82, 2.24) is 10.3 Å². The maximum Gasteiger partial charge on any atom is 0.418 e. The van der Waals surface area contributed by atoms with Crippen LogP contribution in [0.25, 0.3) is 0 Å². The van der Waals surface area contributed by atoms with Crippen LogP contribution in [0.3, 0.4) is 0 Å². The van der Waals surface area contributed by atoms with Crippen molar-refractivity contribution in [3.8, 4) is 0 Å². The molecular weight excluding hydrogens is 317 g/mol. The van der Waals surface area contributed by atoms with Gasteiger partial charge in [-0.05, 0) is 42.4 Å². The molecule has 1 aromatic carbocycles. The van der Waals surface area contributed by atoms with Gasteiger partial charge in [0.05, 0.1) is 11.1 Å². The van der Waals surface area contributed by atoms with Crippen LogP contribution in [0.4, 0.5) is 13.2 Å². The summed E-state index contributed by atoms with van der Waals surface area (Å²) in [6.07, 6.45) is -0.0318. The fourth-order valence-corrected chi connectivity index (χ4v) is 3.10. The molecule has 0 fully saturated rings. The minimum Gasteiger partial charge on any atom is -0.352 e. The zero-order valence-corrected chi connectivity index (χ0v) is 12.9. The van der Waals surface area contributed by atoms with Crippen LogP contribution in [0, 0.1) is 5.92 Å². The Hall–Kier alpha value is -2.37. The van der Waals surface area contributed by atoms with Gasteiger partial charge >= 0.3 is 6.18 Å². The Labute approximate surface area is 137 Å². The molecule has 126 valence electrons. The first-order chi connectivity index (χ1) is 11.4. The molecule has 24 heavy (non-hydrogen) atoms. The third-order valence-electron chi connectivity index (χ3n) is 4.37. The number of nitrogens with zero attached hydrogens (tertiary/aromatic N) is 1. The molecule has 6 heteroatoms. The van der Waals surface area contributed by atoms with Gasteiger partial charge in [0.1, 0.15) is 0 Å². The number of nitrogens with one attached hydrogen (secondary N) is 1. The normalized spacial score (nSPS) is 17.2. The molecule has 0 spiro atoms. The molecule has 2 aromatic rings. The average molecular weight is 334 g/mol. The lowest BCUT2D eigenvalue weighted by Crippen LogP contribution is -2.33. The Balaban J connectivity index is 1.65. The van der Waals surface area contributed by atoms with E-state index >= 15 is 0 Å². The summed E-state index contributed by atoms with van der Waals surface area (Å²) >= 11 is 0. The number of hydrogen-bond donors (Lipinski definition) is 1. The number of pyridine rings is 1. The second-order valence-electron chi connectivity index (χ2n) is 6.01. The van der Waals surface area contributed by atoms with Gasteiger partial charge in [-0.25, -0.2) is 0 Å². The monoisotopic (exact) mass is 334 g/mol. The lowest BCUT2D eigenvalue weighted by Gasteiger charge is -2.25. The average Bonchev–Trinajstić information content (AvgIpc) is 2.58. The number of fused-ring (bicyclic) bond motifs is 1. The fourth-order valence-electron chi connectivity index (χ4n) is 3.10. The minimum atomic E-state index is -4.59. The molecule has 0 saturated carbocycles. The van der Waals surface area contributed by atoms with Crippen molar-refractivity contribution in [1.29, 1.82) is 0 Å². The number of rotatable bonds is 3. The molecule has 0 aliphatic heterocycles. The van der Waals surface area contributed by atoms with Crippen LogP contribution in [-0.2, 0) is 19.0 Å². The summed E-state index contributed by atoms with van der Waals surface area (Å²) in [5.41, 5.74) is 1.18. The Morgan fingerprint density at radius 2 is 1.96 bits per heavy atom. The summed E-state index contributed by atoms with van der Waals surface area (Å²) in [5.74, 6) is -0.469. The topological polar surface area (TPSA) is 42.0 Å². The van der Waals surface area contributed by atoms with Crippen LogP contribution in [-0.4, -0.2) is 17.4 Å². The van der Waals surface area contributed by atoms with Gasteiger partial charge in [-0.15, -0.1) is 0 Å². The predicted octanol–water partition coefficient (Wildman–Crippen LogP) is 3.64. The Kier molecular flexibility index (Phi) is 4.55. The number of halogens is 3. The highest BCUT2D eigenvalue weighted by Gasteiger charge is 2.35. The van der Waals surface area contributed by atoms with Crippen LogP contribution in [0.5, 0.6) is 0 Å². The van der Waals surface area contributed by atoms with Crippen LogP contribution in [0.15, 0.2) is 42.7 Å². The number of benzene rings is 1. The second-order valence-corrected chi connectivity index (χ2v) is 6.01.